The maximum Gasteiger partial charge on any atom is 0.243 e. The number of hydrogen-bond donors (Lipinski definition) is 0. The number of sulfonamides is 2. The number of sulfone groups is 1. The molecule has 1 aromatic carbocycles. The topological polar surface area (TPSA) is 109 Å². The van der Waals surface area contributed by atoms with E-state index in [1.54, 1.807) is 19.9 Å². The van der Waals surface area contributed by atoms with Gasteiger partial charge in [-0.3, -0.25) is 4.31 Å². The zero-order chi connectivity index (χ0) is 20.9. The molecule has 1 aromatic rings. The summed E-state index contributed by atoms with van der Waals surface area (Å²) in [7, 11) is -9.11. The Bertz CT molecular complexity index is 1090. The fourth-order valence-electron chi connectivity index (χ4n) is 3.79. The van der Waals surface area contributed by atoms with E-state index in [9.17, 15) is 25.3 Å². The van der Waals surface area contributed by atoms with E-state index in [0.717, 1.165) is 10.7 Å². The zero-order valence-corrected chi connectivity index (χ0v) is 18.7. The average Bonchev–Trinajstić information content (AvgIpc) is 2.95. The van der Waals surface area contributed by atoms with Gasteiger partial charge in [0.25, 0.3) is 0 Å². The van der Waals surface area contributed by atoms with E-state index >= 15 is 0 Å². The Morgan fingerprint density at radius 1 is 1.04 bits per heavy atom. The van der Waals surface area contributed by atoms with Crippen molar-refractivity contribution in [1.29, 1.82) is 0 Å². The van der Waals surface area contributed by atoms with Crippen LogP contribution in [0, 0.1) is 13.8 Å². The fourth-order valence-corrected chi connectivity index (χ4v) is 9.03. The molecule has 28 heavy (non-hydrogen) atoms. The van der Waals surface area contributed by atoms with Crippen molar-refractivity contribution >= 4 is 35.6 Å². The maximum absolute atomic E-state index is 13.1. The molecule has 2 saturated heterocycles. The van der Waals surface area contributed by atoms with Crippen LogP contribution in [-0.2, 0) is 29.9 Å². The third kappa shape index (κ3) is 3.94. The molecular weight excluding hydrogens is 424 g/mol. The van der Waals surface area contributed by atoms with E-state index in [4.69, 9.17) is 0 Å². The highest BCUT2D eigenvalue weighted by atomic mass is 32.2. The summed E-state index contributed by atoms with van der Waals surface area (Å²) < 4.78 is 77.0. The molecule has 3 rings (SSSR count). The molecule has 2 heterocycles. The average molecular weight is 451 g/mol. The Balaban J connectivity index is 1.98. The predicted octanol–water partition coefficient (Wildman–Crippen LogP) is 1.04. The molecule has 0 spiro atoms. The van der Waals surface area contributed by atoms with Crippen LogP contribution >= 0.6 is 0 Å². The molecule has 158 valence electrons. The summed E-state index contributed by atoms with van der Waals surface area (Å²) in [6, 6.07) is 2.51. The van der Waals surface area contributed by atoms with Gasteiger partial charge < -0.3 is 0 Å². The van der Waals surface area contributed by atoms with Crippen LogP contribution in [0.1, 0.15) is 30.4 Å². The number of rotatable bonds is 4. The smallest absolute Gasteiger partial charge is 0.243 e. The van der Waals surface area contributed by atoms with Gasteiger partial charge in [0, 0.05) is 19.6 Å². The van der Waals surface area contributed by atoms with Crippen molar-refractivity contribution in [2.24, 2.45) is 0 Å². The first kappa shape index (κ1) is 21.5. The van der Waals surface area contributed by atoms with E-state index in [1.807, 2.05) is 0 Å². The van der Waals surface area contributed by atoms with Gasteiger partial charge in [-0.2, -0.15) is 4.31 Å². The lowest BCUT2D eigenvalue weighted by Gasteiger charge is -2.30. The minimum Gasteiger partial charge on any atom is -0.270 e. The molecule has 0 radical (unpaired) electrons. The highest BCUT2D eigenvalue weighted by Gasteiger charge is 2.37. The lowest BCUT2D eigenvalue weighted by Crippen LogP contribution is -2.39. The van der Waals surface area contributed by atoms with Crippen LogP contribution < -0.4 is 4.31 Å². The molecule has 0 aliphatic carbocycles. The first-order valence-electron chi connectivity index (χ1n) is 9.15. The van der Waals surface area contributed by atoms with Crippen LogP contribution in [0.3, 0.4) is 0 Å². The molecular formula is C17H26N2O6S3. The first-order valence-corrected chi connectivity index (χ1v) is 14.0. The summed E-state index contributed by atoms with van der Waals surface area (Å²) in [4.78, 5) is 0.0787. The molecule has 1 atom stereocenters. The molecule has 0 amide bonds. The normalized spacial score (nSPS) is 24.6. The molecule has 2 aliphatic rings. The van der Waals surface area contributed by atoms with Gasteiger partial charge in [-0.1, -0.05) is 0 Å². The Kier molecular flexibility index (Phi) is 5.59. The molecule has 0 N–H and O–H groups in total. The summed E-state index contributed by atoms with van der Waals surface area (Å²) in [5.41, 5.74) is 1.50. The zero-order valence-electron chi connectivity index (χ0n) is 16.3. The third-order valence-electron chi connectivity index (χ3n) is 5.49. The molecule has 8 nitrogen and oxygen atoms in total. The van der Waals surface area contributed by atoms with Gasteiger partial charge in [-0.25, -0.2) is 25.3 Å². The lowest BCUT2D eigenvalue weighted by molar-refractivity contribution is 0.393. The van der Waals surface area contributed by atoms with Crippen molar-refractivity contribution in [2.45, 2.75) is 44.0 Å². The summed E-state index contributed by atoms with van der Waals surface area (Å²) in [5, 5.41) is 0. The van der Waals surface area contributed by atoms with Crippen molar-refractivity contribution in [3.05, 3.63) is 23.3 Å². The van der Waals surface area contributed by atoms with Gasteiger partial charge in [0.05, 0.1) is 27.8 Å². The molecule has 0 bridgehead atoms. The minimum atomic E-state index is -3.90. The number of nitrogens with zero attached hydrogens (tertiary/aromatic N) is 2. The van der Waals surface area contributed by atoms with E-state index in [-0.39, 0.29) is 28.6 Å². The van der Waals surface area contributed by atoms with Gasteiger partial charge in [-0.05, 0) is 56.4 Å². The van der Waals surface area contributed by atoms with E-state index in [0.29, 0.717) is 29.8 Å². The number of aryl methyl sites for hydroxylation is 2. The van der Waals surface area contributed by atoms with Crippen molar-refractivity contribution in [2.75, 3.05) is 35.2 Å². The van der Waals surface area contributed by atoms with Crippen LogP contribution in [0.2, 0.25) is 0 Å². The minimum absolute atomic E-state index is 0.0126. The van der Waals surface area contributed by atoms with Gasteiger partial charge in [0.1, 0.15) is 0 Å². The van der Waals surface area contributed by atoms with Crippen molar-refractivity contribution in [3.63, 3.8) is 0 Å². The quantitative estimate of drug-likeness (QED) is 0.678. The molecule has 0 saturated carbocycles. The molecule has 11 heteroatoms. The van der Waals surface area contributed by atoms with Gasteiger partial charge in [0.15, 0.2) is 9.84 Å². The number of benzene rings is 1. The SMILES string of the molecule is Cc1cc(S(=O)(=O)N(C)C2CCS(=O)(=O)C2)c(C)cc1N1CCCCS1(=O)=O. The van der Waals surface area contributed by atoms with E-state index in [1.165, 1.54) is 17.4 Å². The Morgan fingerprint density at radius 2 is 1.71 bits per heavy atom. The van der Waals surface area contributed by atoms with Gasteiger partial charge in [-0.15, -0.1) is 0 Å². The number of anilines is 1. The Hall–Kier alpha value is -1.17. The number of hydrogen-bond acceptors (Lipinski definition) is 6. The van der Waals surface area contributed by atoms with Crippen molar-refractivity contribution < 1.29 is 25.3 Å². The maximum atomic E-state index is 13.1. The van der Waals surface area contributed by atoms with Crippen molar-refractivity contribution in [1.82, 2.24) is 4.31 Å². The van der Waals surface area contributed by atoms with Gasteiger partial charge >= 0.3 is 0 Å². The van der Waals surface area contributed by atoms with E-state index in [2.05, 4.69) is 0 Å². The Morgan fingerprint density at radius 3 is 2.29 bits per heavy atom. The standard InChI is InChI=1S/C17H26N2O6S3/c1-13-11-17(28(24,25)18(3)15-6-9-26(20,21)12-15)14(2)10-16(13)19-7-4-5-8-27(19,22)23/h10-11,15H,4-9,12H2,1-3H3. The fraction of sp³-hybridized carbons (Fsp3) is 0.647. The van der Waals surface area contributed by atoms with E-state index < -0.39 is 35.9 Å². The monoisotopic (exact) mass is 450 g/mol. The molecule has 2 aliphatic heterocycles. The van der Waals surface area contributed by atoms with Crippen LogP contribution in [0.15, 0.2) is 17.0 Å². The van der Waals surface area contributed by atoms with Crippen LogP contribution in [0.25, 0.3) is 0 Å². The summed E-state index contributed by atoms with van der Waals surface area (Å²) in [6.45, 7) is 3.71. The molecule has 0 aromatic heterocycles. The lowest BCUT2D eigenvalue weighted by atomic mass is 10.1. The van der Waals surface area contributed by atoms with Crippen LogP contribution in [0.4, 0.5) is 5.69 Å². The second-order valence-corrected chi connectivity index (χ2v) is 13.8. The summed E-state index contributed by atoms with van der Waals surface area (Å²) >= 11 is 0. The second-order valence-electron chi connectivity index (χ2n) is 7.58. The van der Waals surface area contributed by atoms with Crippen molar-refractivity contribution in [3.8, 4) is 0 Å². The second kappa shape index (κ2) is 7.26. The summed E-state index contributed by atoms with van der Waals surface area (Å²) in [6.07, 6.45) is 1.66. The van der Waals surface area contributed by atoms with Crippen LogP contribution in [0.5, 0.6) is 0 Å². The molecule has 2 fully saturated rings. The Labute approximate surface area is 167 Å². The van der Waals surface area contributed by atoms with Gasteiger partial charge in [0.2, 0.25) is 20.0 Å². The highest BCUT2D eigenvalue weighted by Crippen LogP contribution is 2.33. The molecule has 1 unspecified atom stereocenters. The highest BCUT2D eigenvalue weighted by molar-refractivity contribution is 7.93. The van der Waals surface area contributed by atoms with Crippen LogP contribution in [-0.4, -0.2) is 66.5 Å². The first-order chi connectivity index (χ1) is 12.8. The largest absolute Gasteiger partial charge is 0.270 e. The summed E-state index contributed by atoms with van der Waals surface area (Å²) in [5.74, 6) is -0.101. The third-order valence-corrected chi connectivity index (χ3v) is 11.1. The predicted molar refractivity (Wildman–Crippen MR) is 108 cm³/mol.